The van der Waals surface area contributed by atoms with Gasteiger partial charge < -0.3 is 14.7 Å². The third kappa shape index (κ3) is 3.07. The summed E-state index contributed by atoms with van der Waals surface area (Å²) in [6, 6.07) is 3.98. The lowest BCUT2D eigenvalue weighted by Crippen LogP contribution is -2.42. The number of alkyl halides is 2. The van der Waals surface area contributed by atoms with Crippen molar-refractivity contribution in [3.8, 4) is 5.75 Å². The quantitative estimate of drug-likeness (QED) is 0.925. The van der Waals surface area contributed by atoms with Crippen LogP contribution in [-0.2, 0) is 5.60 Å². The van der Waals surface area contributed by atoms with Gasteiger partial charge in [0, 0.05) is 18.7 Å². The van der Waals surface area contributed by atoms with Crippen molar-refractivity contribution in [1.82, 2.24) is 4.90 Å². The van der Waals surface area contributed by atoms with Gasteiger partial charge >= 0.3 is 6.61 Å². The number of benzene rings is 1. The number of rotatable bonds is 4. The lowest BCUT2D eigenvalue weighted by atomic mass is 9.84. The Morgan fingerprint density at radius 1 is 1.35 bits per heavy atom. The number of likely N-dealkylation sites (tertiary alicyclic amines) is 1. The molecule has 112 valence electrons. The molecule has 0 saturated carbocycles. The number of nitrogens with zero attached hydrogens (tertiary/aromatic N) is 1. The van der Waals surface area contributed by atoms with Gasteiger partial charge in [0.25, 0.3) is 0 Å². The van der Waals surface area contributed by atoms with Crippen LogP contribution in [0.25, 0.3) is 0 Å². The van der Waals surface area contributed by atoms with Crippen LogP contribution in [-0.4, -0.2) is 36.3 Å². The van der Waals surface area contributed by atoms with Gasteiger partial charge in [0.05, 0.1) is 5.60 Å². The molecule has 1 N–H and O–H groups in total. The zero-order chi connectivity index (χ0) is 14.8. The van der Waals surface area contributed by atoms with E-state index in [1.54, 1.807) is 0 Å². The molecule has 1 aromatic carbocycles. The van der Waals surface area contributed by atoms with Crippen molar-refractivity contribution in [3.05, 3.63) is 29.6 Å². The summed E-state index contributed by atoms with van der Waals surface area (Å²) in [5, 5.41) is 10.6. The van der Waals surface area contributed by atoms with E-state index in [1.807, 2.05) is 6.92 Å². The predicted octanol–water partition coefficient (Wildman–Crippen LogP) is 2.73. The van der Waals surface area contributed by atoms with Crippen molar-refractivity contribution in [2.45, 2.75) is 32.0 Å². The van der Waals surface area contributed by atoms with Crippen LogP contribution in [0.15, 0.2) is 18.2 Å². The van der Waals surface area contributed by atoms with Crippen molar-refractivity contribution in [2.75, 3.05) is 19.6 Å². The summed E-state index contributed by atoms with van der Waals surface area (Å²) in [5.74, 6) is -1.43. The minimum absolute atomic E-state index is 0.0337. The molecule has 0 aromatic heterocycles. The van der Waals surface area contributed by atoms with E-state index < -0.39 is 23.8 Å². The lowest BCUT2D eigenvalue weighted by Gasteiger charge is -2.38. The van der Waals surface area contributed by atoms with Gasteiger partial charge in [0.1, 0.15) is 0 Å². The zero-order valence-corrected chi connectivity index (χ0v) is 11.3. The highest BCUT2D eigenvalue weighted by molar-refractivity contribution is 5.35. The number of aliphatic hydroxyl groups is 1. The summed E-state index contributed by atoms with van der Waals surface area (Å²) in [5.41, 5.74) is -1.29. The van der Waals surface area contributed by atoms with Crippen LogP contribution < -0.4 is 4.74 Å². The molecule has 0 spiro atoms. The molecule has 0 atom stereocenters. The number of hydrogen-bond acceptors (Lipinski definition) is 3. The minimum Gasteiger partial charge on any atom is -0.432 e. The Kier molecular flexibility index (Phi) is 4.55. The molecule has 3 nitrogen and oxygen atoms in total. The minimum atomic E-state index is -3.09. The molecule has 1 saturated heterocycles. The summed E-state index contributed by atoms with van der Waals surface area (Å²) >= 11 is 0. The molecule has 0 radical (unpaired) electrons. The molecule has 0 bridgehead atoms. The maximum Gasteiger partial charge on any atom is 0.387 e. The number of halogens is 3. The van der Waals surface area contributed by atoms with Gasteiger partial charge in [-0.25, -0.2) is 4.39 Å². The molecular weight excluding hydrogens is 271 g/mol. The van der Waals surface area contributed by atoms with Crippen LogP contribution in [0.1, 0.15) is 25.3 Å². The second kappa shape index (κ2) is 6.01. The van der Waals surface area contributed by atoms with E-state index in [1.165, 1.54) is 12.1 Å². The van der Waals surface area contributed by atoms with Gasteiger partial charge in [-0.3, -0.25) is 0 Å². The lowest BCUT2D eigenvalue weighted by molar-refractivity contribution is -0.0546. The van der Waals surface area contributed by atoms with E-state index in [9.17, 15) is 18.3 Å². The van der Waals surface area contributed by atoms with E-state index in [0.29, 0.717) is 25.9 Å². The molecular formula is C14H18F3NO2. The van der Waals surface area contributed by atoms with Gasteiger partial charge in [-0.1, -0.05) is 19.1 Å². The first-order chi connectivity index (χ1) is 9.46. The van der Waals surface area contributed by atoms with E-state index in [0.717, 1.165) is 12.6 Å². The topological polar surface area (TPSA) is 32.7 Å². The molecule has 0 aliphatic carbocycles. The molecule has 1 aromatic rings. The molecule has 1 fully saturated rings. The summed E-state index contributed by atoms with van der Waals surface area (Å²) in [6.07, 6.45) is 0.742. The maximum absolute atomic E-state index is 14.2. The third-order valence-electron chi connectivity index (χ3n) is 3.81. The molecule has 1 aliphatic rings. The smallest absolute Gasteiger partial charge is 0.387 e. The normalized spacial score (nSPS) is 19.3. The van der Waals surface area contributed by atoms with Crippen LogP contribution in [0.5, 0.6) is 5.75 Å². The molecule has 1 heterocycles. The van der Waals surface area contributed by atoms with Crippen LogP contribution in [0.3, 0.4) is 0 Å². The molecule has 0 unspecified atom stereocenters. The Balaban J connectivity index is 2.24. The van der Waals surface area contributed by atoms with Crippen molar-refractivity contribution in [1.29, 1.82) is 0 Å². The Bertz CT molecular complexity index is 460. The average molecular weight is 289 g/mol. The largest absolute Gasteiger partial charge is 0.432 e. The fraction of sp³-hybridized carbons (Fsp3) is 0.571. The molecule has 1 aliphatic heterocycles. The predicted molar refractivity (Wildman–Crippen MR) is 68.3 cm³/mol. The summed E-state index contributed by atoms with van der Waals surface area (Å²) in [4.78, 5) is 2.14. The monoisotopic (exact) mass is 289 g/mol. The fourth-order valence-corrected chi connectivity index (χ4v) is 2.57. The average Bonchev–Trinajstić information content (AvgIpc) is 2.41. The SMILES string of the molecule is CCN1CCC(O)(c2cccc(OC(F)F)c2F)CC1. The summed E-state index contributed by atoms with van der Waals surface area (Å²) < 4.78 is 42.8. The van der Waals surface area contributed by atoms with Crippen molar-refractivity contribution < 1.29 is 23.0 Å². The zero-order valence-electron chi connectivity index (χ0n) is 11.3. The van der Waals surface area contributed by atoms with Crippen LogP contribution >= 0.6 is 0 Å². The van der Waals surface area contributed by atoms with Crippen LogP contribution in [0.2, 0.25) is 0 Å². The maximum atomic E-state index is 14.2. The number of ether oxygens (including phenoxy) is 1. The standard InChI is InChI=1S/C14H18F3NO2/c1-2-18-8-6-14(19,7-9-18)10-4-3-5-11(12(10)15)20-13(16)17/h3-5,13,19H,2,6-9H2,1H3. The van der Waals surface area contributed by atoms with Crippen LogP contribution in [0, 0.1) is 5.82 Å². The van der Waals surface area contributed by atoms with Crippen LogP contribution in [0.4, 0.5) is 13.2 Å². The van der Waals surface area contributed by atoms with E-state index in [4.69, 9.17) is 0 Å². The molecule has 2 rings (SSSR count). The van der Waals surface area contributed by atoms with Gasteiger partial charge in [0.2, 0.25) is 0 Å². The van der Waals surface area contributed by atoms with E-state index in [-0.39, 0.29) is 5.56 Å². The molecule has 20 heavy (non-hydrogen) atoms. The van der Waals surface area contributed by atoms with Gasteiger partial charge in [-0.2, -0.15) is 8.78 Å². The Hall–Kier alpha value is -1.27. The number of hydrogen-bond donors (Lipinski definition) is 1. The summed E-state index contributed by atoms with van der Waals surface area (Å²) in [6.45, 7) is 1.09. The van der Waals surface area contributed by atoms with Crippen molar-refractivity contribution in [3.63, 3.8) is 0 Å². The Labute approximate surface area is 116 Å². The molecule has 6 heteroatoms. The van der Waals surface area contributed by atoms with E-state index in [2.05, 4.69) is 9.64 Å². The van der Waals surface area contributed by atoms with Gasteiger partial charge in [-0.15, -0.1) is 0 Å². The second-order valence-electron chi connectivity index (χ2n) is 4.96. The van der Waals surface area contributed by atoms with E-state index >= 15 is 0 Å². The Morgan fingerprint density at radius 2 is 2.00 bits per heavy atom. The Morgan fingerprint density at radius 3 is 2.55 bits per heavy atom. The number of piperidine rings is 1. The molecule has 0 amide bonds. The van der Waals surface area contributed by atoms with Gasteiger partial charge in [-0.05, 0) is 25.5 Å². The van der Waals surface area contributed by atoms with Crippen molar-refractivity contribution >= 4 is 0 Å². The first-order valence-electron chi connectivity index (χ1n) is 6.65. The highest BCUT2D eigenvalue weighted by atomic mass is 19.3. The fourth-order valence-electron chi connectivity index (χ4n) is 2.57. The first-order valence-corrected chi connectivity index (χ1v) is 6.65. The second-order valence-corrected chi connectivity index (χ2v) is 4.96. The van der Waals surface area contributed by atoms with Gasteiger partial charge in [0.15, 0.2) is 11.6 Å². The third-order valence-corrected chi connectivity index (χ3v) is 3.81. The summed E-state index contributed by atoms with van der Waals surface area (Å²) in [7, 11) is 0. The highest BCUT2D eigenvalue weighted by Crippen LogP contribution is 2.37. The van der Waals surface area contributed by atoms with Crippen molar-refractivity contribution in [2.24, 2.45) is 0 Å². The first kappa shape index (κ1) is 15.1. The highest BCUT2D eigenvalue weighted by Gasteiger charge is 2.36.